The van der Waals surface area contributed by atoms with Crippen molar-refractivity contribution in [1.29, 1.82) is 0 Å². The summed E-state index contributed by atoms with van der Waals surface area (Å²) in [6.07, 6.45) is 5.76. The Hall–Kier alpha value is -3.01. The second-order valence-corrected chi connectivity index (χ2v) is 10.2. The molecule has 0 saturated carbocycles. The fraction of sp³-hybridized carbons (Fsp3) is 0.308. The number of carbonyl (C=O) groups is 3. The van der Waals surface area contributed by atoms with Gasteiger partial charge in [-0.3, -0.25) is 9.59 Å². The van der Waals surface area contributed by atoms with Crippen LogP contribution >= 0.6 is 35.0 Å². The van der Waals surface area contributed by atoms with E-state index in [0.717, 1.165) is 4.90 Å². The van der Waals surface area contributed by atoms with Crippen molar-refractivity contribution in [3.05, 3.63) is 64.0 Å². The van der Waals surface area contributed by atoms with Crippen LogP contribution in [0.25, 0.3) is 17.2 Å². The van der Waals surface area contributed by atoms with Crippen LogP contribution in [0.1, 0.15) is 24.3 Å². The molecule has 11 heteroatoms. The van der Waals surface area contributed by atoms with Gasteiger partial charge < -0.3 is 19.7 Å². The van der Waals surface area contributed by atoms with Crippen LogP contribution in [0.15, 0.2) is 51.8 Å². The van der Waals surface area contributed by atoms with Gasteiger partial charge in [-0.15, -0.1) is 11.8 Å². The van der Waals surface area contributed by atoms with Crippen LogP contribution in [0.2, 0.25) is 10.0 Å². The Balaban J connectivity index is 1.31. The number of nitrogens with zero attached hydrogens (tertiary/aromatic N) is 2. The van der Waals surface area contributed by atoms with Crippen molar-refractivity contribution in [1.82, 2.24) is 15.2 Å². The summed E-state index contributed by atoms with van der Waals surface area (Å²) in [4.78, 5) is 44.1. The number of thioether (sulfide) groups is 1. The van der Waals surface area contributed by atoms with E-state index >= 15 is 0 Å². The standard InChI is InChI=1S/C26H25Cl2N3O5S/c1-37-20-8-6-15(23(27)24(20)28)7-9-22(32)31-12-10-16(11-13-31)25(33)30-18(26(34)35)14-21-29-17-4-2-3-5-19(17)36-21/h2-9,16,18H,10-14H2,1H3,(H,30,33)(H,34,35)/b9-7+/t18-/m0/s1. The third-order valence-corrected chi connectivity index (χ3v) is 8.00. The number of nitrogens with one attached hydrogen (secondary N) is 1. The van der Waals surface area contributed by atoms with Gasteiger partial charge in [-0.25, -0.2) is 9.78 Å². The van der Waals surface area contributed by atoms with E-state index in [4.69, 9.17) is 27.6 Å². The van der Waals surface area contributed by atoms with Crippen molar-refractivity contribution in [2.24, 2.45) is 5.92 Å². The number of hydrogen-bond acceptors (Lipinski definition) is 6. The highest BCUT2D eigenvalue weighted by Crippen LogP contribution is 2.35. The van der Waals surface area contributed by atoms with Crippen LogP contribution in [0.4, 0.5) is 0 Å². The van der Waals surface area contributed by atoms with Crippen molar-refractivity contribution in [3.63, 3.8) is 0 Å². The summed E-state index contributed by atoms with van der Waals surface area (Å²) < 4.78 is 5.60. The molecule has 1 atom stereocenters. The normalized spacial score (nSPS) is 15.3. The Morgan fingerprint density at radius 1 is 1.19 bits per heavy atom. The first-order valence-electron chi connectivity index (χ1n) is 11.6. The first-order valence-corrected chi connectivity index (χ1v) is 13.6. The first kappa shape index (κ1) is 27.0. The third kappa shape index (κ3) is 6.47. The van der Waals surface area contributed by atoms with Gasteiger partial charge in [0.05, 0.1) is 16.5 Å². The number of halogens is 2. The van der Waals surface area contributed by atoms with Gasteiger partial charge in [0.1, 0.15) is 11.6 Å². The van der Waals surface area contributed by atoms with E-state index in [2.05, 4.69) is 10.3 Å². The Morgan fingerprint density at radius 3 is 2.59 bits per heavy atom. The summed E-state index contributed by atoms with van der Waals surface area (Å²) in [5, 5.41) is 13.1. The molecule has 1 aromatic heterocycles. The number of hydrogen-bond donors (Lipinski definition) is 2. The molecule has 2 N–H and O–H groups in total. The maximum atomic E-state index is 12.8. The number of piperidine rings is 1. The lowest BCUT2D eigenvalue weighted by Crippen LogP contribution is -2.48. The van der Waals surface area contributed by atoms with E-state index in [1.54, 1.807) is 35.2 Å². The number of benzene rings is 2. The van der Waals surface area contributed by atoms with Crippen LogP contribution in [0, 0.1) is 5.92 Å². The van der Waals surface area contributed by atoms with Crippen LogP contribution in [0.5, 0.6) is 0 Å². The molecule has 0 spiro atoms. The molecule has 1 saturated heterocycles. The molecule has 1 fully saturated rings. The second kappa shape index (κ2) is 12.0. The summed E-state index contributed by atoms with van der Waals surface area (Å²) in [5.74, 6) is -1.88. The highest BCUT2D eigenvalue weighted by molar-refractivity contribution is 7.98. The fourth-order valence-corrected chi connectivity index (χ4v) is 5.31. The highest BCUT2D eigenvalue weighted by Gasteiger charge is 2.30. The average Bonchev–Trinajstić information content (AvgIpc) is 3.31. The highest BCUT2D eigenvalue weighted by atomic mass is 35.5. The number of carboxylic acid groups (broad SMARTS) is 1. The molecular weight excluding hydrogens is 537 g/mol. The maximum Gasteiger partial charge on any atom is 0.326 e. The zero-order valence-corrected chi connectivity index (χ0v) is 22.3. The molecule has 2 amide bonds. The van der Waals surface area contributed by atoms with Gasteiger partial charge in [0.25, 0.3) is 0 Å². The lowest BCUT2D eigenvalue weighted by atomic mass is 9.95. The van der Waals surface area contributed by atoms with Crippen molar-refractivity contribution in [3.8, 4) is 0 Å². The molecular formula is C26H25Cl2N3O5S. The molecule has 37 heavy (non-hydrogen) atoms. The molecule has 1 aliphatic heterocycles. The van der Waals surface area contributed by atoms with Crippen LogP contribution in [0.3, 0.4) is 0 Å². The molecule has 8 nitrogen and oxygen atoms in total. The van der Waals surface area contributed by atoms with Gasteiger partial charge in [-0.05, 0) is 48.9 Å². The quantitative estimate of drug-likeness (QED) is 0.296. The lowest BCUT2D eigenvalue weighted by molar-refractivity contribution is -0.143. The zero-order chi connectivity index (χ0) is 26.5. The number of carbonyl (C=O) groups excluding carboxylic acids is 2. The molecule has 0 radical (unpaired) electrons. The van der Waals surface area contributed by atoms with Crippen molar-refractivity contribution < 1.29 is 23.9 Å². The molecule has 2 heterocycles. The fourth-order valence-electron chi connectivity index (χ4n) is 4.13. The van der Waals surface area contributed by atoms with Gasteiger partial charge >= 0.3 is 5.97 Å². The molecule has 2 aromatic carbocycles. The molecule has 0 bridgehead atoms. The van der Waals surface area contributed by atoms with Gasteiger partial charge in [0, 0.05) is 30.0 Å². The first-order chi connectivity index (χ1) is 17.8. The van der Waals surface area contributed by atoms with E-state index in [-0.39, 0.29) is 24.1 Å². The molecule has 4 rings (SSSR count). The number of para-hydroxylation sites is 2. The zero-order valence-electron chi connectivity index (χ0n) is 19.9. The number of aromatic nitrogens is 1. The molecule has 0 unspecified atom stereocenters. The summed E-state index contributed by atoms with van der Waals surface area (Å²) in [6, 6.07) is 9.61. The number of rotatable bonds is 8. The van der Waals surface area contributed by atoms with E-state index in [1.165, 1.54) is 17.8 Å². The average molecular weight is 562 g/mol. The third-order valence-electron chi connectivity index (χ3n) is 6.21. The number of likely N-dealkylation sites (tertiary alicyclic amines) is 1. The van der Waals surface area contributed by atoms with Gasteiger partial charge in [0.15, 0.2) is 11.5 Å². The van der Waals surface area contributed by atoms with E-state index in [1.807, 2.05) is 18.4 Å². The SMILES string of the molecule is CSc1ccc(/C=C/C(=O)N2CCC(C(=O)N[C@@H](Cc3nc4ccccc4o3)C(=O)O)CC2)c(Cl)c1Cl. The van der Waals surface area contributed by atoms with Crippen LogP contribution < -0.4 is 5.32 Å². The Morgan fingerprint density at radius 2 is 1.92 bits per heavy atom. The van der Waals surface area contributed by atoms with Gasteiger partial charge in [0.2, 0.25) is 11.8 Å². The Kier molecular flexibility index (Phi) is 8.79. The monoisotopic (exact) mass is 561 g/mol. The van der Waals surface area contributed by atoms with Gasteiger partial charge in [-0.2, -0.15) is 0 Å². The molecule has 194 valence electrons. The summed E-state index contributed by atoms with van der Waals surface area (Å²) >= 11 is 14.1. The van der Waals surface area contributed by atoms with E-state index in [0.29, 0.717) is 52.6 Å². The second-order valence-electron chi connectivity index (χ2n) is 8.60. The maximum absolute atomic E-state index is 12.8. The number of fused-ring (bicyclic) bond motifs is 1. The van der Waals surface area contributed by atoms with Gasteiger partial charge in [-0.1, -0.05) is 41.4 Å². The largest absolute Gasteiger partial charge is 0.480 e. The smallest absolute Gasteiger partial charge is 0.326 e. The lowest BCUT2D eigenvalue weighted by Gasteiger charge is -2.31. The van der Waals surface area contributed by atoms with Crippen LogP contribution in [-0.4, -0.2) is 58.2 Å². The number of oxazole rings is 1. The predicted molar refractivity (Wildman–Crippen MR) is 144 cm³/mol. The summed E-state index contributed by atoms with van der Waals surface area (Å²) in [5.41, 5.74) is 1.83. The van der Waals surface area contributed by atoms with E-state index in [9.17, 15) is 19.5 Å². The summed E-state index contributed by atoms with van der Waals surface area (Å²) in [7, 11) is 0. The minimum Gasteiger partial charge on any atom is -0.480 e. The molecule has 3 aromatic rings. The number of carboxylic acids is 1. The number of amides is 2. The molecule has 1 aliphatic rings. The van der Waals surface area contributed by atoms with Crippen molar-refractivity contribution in [2.75, 3.05) is 19.3 Å². The van der Waals surface area contributed by atoms with Crippen molar-refractivity contribution in [2.45, 2.75) is 30.2 Å². The van der Waals surface area contributed by atoms with Crippen LogP contribution in [-0.2, 0) is 20.8 Å². The Labute approximate surface area is 228 Å². The van der Waals surface area contributed by atoms with E-state index < -0.39 is 17.9 Å². The minimum atomic E-state index is -1.17. The molecule has 0 aliphatic carbocycles. The predicted octanol–water partition coefficient (Wildman–Crippen LogP) is 4.92. The summed E-state index contributed by atoms with van der Waals surface area (Å²) in [6.45, 7) is 0.758. The minimum absolute atomic E-state index is 0.0671. The topological polar surface area (TPSA) is 113 Å². The Bertz CT molecular complexity index is 1320. The number of aliphatic carboxylic acids is 1. The van der Waals surface area contributed by atoms with Crippen molar-refractivity contribution >= 4 is 69.9 Å².